The molecule has 0 spiro atoms. The molecule has 0 aliphatic carbocycles. The third kappa shape index (κ3) is 2.67. The van der Waals surface area contributed by atoms with Crippen molar-refractivity contribution in [3.05, 3.63) is 29.6 Å². The Hall–Kier alpha value is -2.51. The largest absolute Gasteiger partial charge is 0.477 e. The zero-order valence-electron chi connectivity index (χ0n) is 9.63. The van der Waals surface area contributed by atoms with Crippen molar-refractivity contribution >= 4 is 5.97 Å². The number of alkyl halides is 2. The van der Waals surface area contributed by atoms with E-state index in [0.29, 0.717) is 0 Å². The minimum atomic E-state index is -2.95. The van der Waals surface area contributed by atoms with Crippen molar-refractivity contribution in [1.82, 2.24) is 10.1 Å². The molecule has 19 heavy (non-hydrogen) atoms. The van der Waals surface area contributed by atoms with E-state index in [0.717, 1.165) is 6.20 Å². The van der Waals surface area contributed by atoms with Crippen LogP contribution in [0.4, 0.5) is 8.78 Å². The van der Waals surface area contributed by atoms with Crippen LogP contribution in [0.5, 0.6) is 5.75 Å². The molecule has 2 heterocycles. The van der Waals surface area contributed by atoms with Gasteiger partial charge in [0.15, 0.2) is 5.76 Å². The molecule has 0 aromatic carbocycles. The van der Waals surface area contributed by atoms with Gasteiger partial charge in [0.25, 0.3) is 0 Å². The first-order chi connectivity index (χ1) is 8.99. The predicted molar refractivity (Wildman–Crippen MR) is 58.1 cm³/mol. The van der Waals surface area contributed by atoms with Gasteiger partial charge >= 0.3 is 12.6 Å². The molecule has 0 fully saturated rings. The molecule has 0 saturated carbocycles. The molecule has 0 amide bonds. The van der Waals surface area contributed by atoms with Gasteiger partial charge in [-0.15, -0.1) is 0 Å². The van der Waals surface area contributed by atoms with E-state index < -0.39 is 12.6 Å². The summed E-state index contributed by atoms with van der Waals surface area (Å²) < 4.78 is 32.9. The van der Waals surface area contributed by atoms with E-state index in [1.165, 1.54) is 19.1 Å². The zero-order chi connectivity index (χ0) is 14.0. The molecule has 1 N–H and O–H groups in total. The second kappa shape index (κ2) is 5.01. The second-order valence-electron chi connectivity index (χ2n) is 3.53. The molecule has 0 atom stereocenters. The van der Waals surface area contributed by atoms with Crippen molar-refractivity contribution in [1.29, 1.82) is 0 Å². The van der Waals surface area contributed by atoms with E-state index >= 15 is 0 Å². The number of nitrogens with zero attached hydrogens (tertiary/aromatic N) is 2. The number of carboxylic acids is 1. The van der Waals surface area contributed by atoms with Crippen LogP contribution in [0.15, 0.2) is 22.9 Å². The van der Waals surface area contributed by atoms with Crippen LogP contribution in [0.1, 0.15) is 16.1 Å². The summed E-state index contributed by atoms with van der Waals surface area (Å²) in [5.41, 5.74) is 0.256. The quantitative estimate of drug-likeness (QED) is 0.917. The number of ether oxygens (including phenoxy) is 1. The van der Waals surface area contributed by atoms with Crippen molar-refractivity contribution in [2.24, 2.45) is 0 Å². The Bertz CT molecular complexity index is 595. The highest BCUT2D eigenvalue weighted by molar-refractivity contribution is 5.94. The van der Waals surface area contributed by atoms with Crippen molar-refractivity contribution < 1.29 is 27.9 Å². The molecule has 8 heteroatoms. The van der Waals surface area contributed by atoms with E-state index in [4.69, 9.17) is 9.63 Å². The van der Waals surface area contributed by atoms with Crippen LogP contribution < -0.4 is 4.74 Å². The van der Waals surface area contributed by atoms with Gasteiger partial charge < -0.3 is 14.4 Å². The first kappa shape index (κ1) is 12.9. The maximum Gasteiger partial charge on any atom is 0.387 e. The number of hydrogen-bond acceptors (Lipinski definition) is 5. The Kier molecular flexibility index (Phi) is 3.41. The minimum Gasteiger partial charge on any atom is -0.477 e. The maximum absolute atomic E-state index is 12.0. The van der Waals surface area contributed by atoms with Gasteiger partial charge in [0, 0.05) is 0 Å². The van der Waals surface area contributed by atoms with Gasteiger partial charge in [-0.3, -0.25) is 0 Å². The summed E-state index contributed by atoms with van der Waals surface area (Å²) >= 11 is 0. The lowest BCUT2D eigenvalue weighted by molar-refractivity contribution is -0.0500. The summed E-state index contributed by atoms with van der Waals surface area (Å²) in [5.74, 6) is -1.37. The summed E-state index contributed by atoms with van der Waals surface area (Å²) in [5, 5.41) is 12.6. The van der Waals surface area contributed by atoms with Crippen molar-refractivity contribution in [2.75, 3.05) is 0 Å². The molecule has 0 radical (unpaired) electrons. The number of aromatic nitrogens is 2. The van der Waals surface area contributed by atoms with Gasteiger partial charge in [0.1, 0.15) is 17.0 Å². The monoisotopic (exact) mass is 270 g/mol. The molecule has 0 aliphatic heterocycles. The first-order valence-corrected chi connectivity index (χ1v) is 5.10. The number of aromatic carboxylic acids is 1. The highest BCUT2D eigenvalue weighted by Gasteiger charge is 2.22. The third-order valence-corrected chi connectivity index (χ3v) is 2.27. The molecule has 0 aliphatic rings. The van der Waals surface area contributed by atoms with Gasteiger partial charge in [0.2, 0.25) is 0 Å². The average Bonchev–Trinajstić information content (AvgIpc) is 2.71. The molecule has 2 aromatic heterocycles. The maximum atomic E-state index is 12.0. The molecule has 100 valence electrons. The van der Waals surface area contributed by atoms with Crippen LogP contribution in [0, 0.1) is 6.92 Å². The fourth-order valence-corrected chi connectivity index (χ4v) is 1.48. The predicted octanol–water partition coefficient (Wildman–Crippen LogP) is 2.34. The van der Waals surface area contributed by atoms with Crippen LogP contribution in [-0.2, 0) is 0 Å². The van der Waals surface area contributed by atoms with Gasteiger partial charge in [-0.2, -0.15) is 8.78 Å². The summed E-state index contributed by atoms with van der Waals surface area (Å²) in [6.45, 7) is -1.47. The summed E-state index contributed by atoms with van der Waals surface area (Å²) in [6.07, 6.45) is 1.05. The minimum absolute atomic E-state index is 0.0337. The van der Waals surface area contributed by atoms with Gasteiger partial charge in [-0.25, -0.2) is 9.78 Å². The summed E-state index contributed by atoms with van der Waals surface area (Å²) in [6, 6.07) is 2.54. The molecule has 2 rings (SSSR count). The lowest BCUT2D eigenvalue weighted by atomic mass is 10.1. The van der Waals surface area contributed by atoms with Crippen LogP contribution in [0.25, 0.3) is 11.5 Å². The Morgan fingerprint density at radius 1 is 1.47 bits per heavy atom. The fraction of sp³-hybridized carbons (Fsp3) is 0.182. The Morgan fingerprint density at radius 3 is 2.74 bits per heavy atom. The SMILES string of the molecule is Cc1noc(-c2ccc(OC(F)F)cn2)c1C(=O)O. The molecular formula is C11H8F2N2O4. The Balaban J connectivity index is 2.35. The van der Waals surface area contributed by atoms with Crippen LogP contribution >= 0.6 is 0 Å². The number of carboxylic acid groups (broad SMARTS) is 1. The highest BCUT2D eigenvalue weighted by Crippen LogP contribution is 2.26. The van der Waals surface area contributed by atoms with Crippen LogP contribution in [0.2, 0.25) is 0 Å². The lowest BCUT2D eigenvalue weighted by Crippen LogP contribution is -2.02. The first-order valence-electron chi connectivity index (χ1n) is 5.10. The molecular weight excluding hydrogens is 262 g/mol. The standard InChI is InChI=1S/C11H8F2N2O4/c1-5-8(10(16)17)9(19-15-5)7-3-2-6(4-14-7)18-11(12)13/h2-4,11H,1H3,(H,16,17). The topological polar surface area (TPSA) is 85.5 Å². The van der Waals surface area contributed by atoms with Gasteiger partial charge in [-0.1, -0.05) is 5.16 Å². The van der Waals surface area contributed by atoms with Gasteiger partial charge in [-0.05, 0) is 19.1 Å². The van der Waals surface area contributed by atoms with E-state index in [2.05, 4.69) is 14.9 Å². The lowest BCUT2D eigenvalue weighted by Gasteiger charge is -2.03. The van der Waals surface area contributed by atoms with E-state index in [1.807, 2.05) is 0 Å². The van der Waals surface area contributed by atoms with E-state index in [9.17, 15) is 13.6 Å². The number of aryl methyl sites for hydroxylation is 1. The number of halogens is 2. The van der Waals surface area contributed by atoms with Gasteiger partial charge in [0.05, 0.1) is 11.9 Å². The van der Waals surface area contributed by atoms with Crippen LogP contribution in [-0.4, -0.2) is 27.8 Å². The smallest absolute Gasteiger partial charge is 0.387 e. The van der Waals surface area contributed by atoms with Crippen LogP contribution in [0.3, 0.4) is 0 Å². The number of pyridine rings is 1. The summed E-state index contributed by atoms with van der Waals surface area (Å²) in [7, 11) is 0. The Labute approximate surface area is 105 Å². The van der Waals surface area contributed by atoms with Crippen molar-refractivity contribution in [2.45, 2.75) is 13.5 Å². The zero-order valence-corrected chi connectivity index (χ0v) is 9.63. The number of rotatable bonds is 4. The number of carbonyl (C=O) groups is 1. The second-order valence-corrected chi connectivity index (χ2v) is 3.53. The molecule has 2 aromatic rings. The molecule has 0 unspecified atom stereocenters. The molecule has 0 saturated heterocycles. The highest BCUT2D eigenvalue weighted by atomic mass is 19.3. The average molecular weight is 270 g/mol. The van der Waals surface area contributed by atoms with Crippen molar-refractivity contribution in [3.63, 3.8) is 0 Å². The third-order valence-electron chi connectivity index (χ3n) is 2.27. The molecule has 0 bridgehead atoms. The van der Waals surface area contributed by atoms with E-state index in [-0.39, 0.29) is 28.5 Å². The van der Waals surface area contributed by atoms with E-state index in [1.54, 1.807) is 0 Å². The molecule has 6 nitrogen and oxygen atoms in total. The Morgan fingerprint density at radius 2 is 2.21 bits per heavy atom. The van der Waals surface area contributed by atoms with Crippen molar-refractivity contribution in [3.8, 4) is 17.2 Å². The summed E-state index contributed by atoms with van der Waals surface area (Å²) in [4.78, 5) is 14.8. The fourth-order valence-electron chi connectivity index (χ4n) is 1.48. The number of hydrogen-bond donors (Lipinski definition) is 1. The normalized spacial score (nSPS) is 10.7.